The molecule has 0 saturated heterocycles. The summed E-state index contributed by atoms with van der Waals surface area (Å²) < 4.78 is 1.07. The van der Waals surface area contributed by atoms with E-state index in [0.717, 1.165) is 4.47 Å². The topological polar surface area (TPSA) is 55.1 Å². The van der Waals surface area contributed by atoms with Crippen molar-refractivity contribution in [2.75, 3.05) is 13.1 Å². The molecule has 16 heavy (non-hydrogen) atoms. The Morgan fingerprint density at radius 3 is 2.69 bits per heavy atom. The van der Waals surface area contributed by atoms with Gasteiger partial charge < -0.3 is 11.1 Å². The summed E-state index contributed by atoms with van der Waals surface area (Å²) in [6, 6.07) is 8.12. The summed E-state index contributed by atoms with van der Waals surface area (Å²) in [6.45, 7) is 2.76. The normalized spacial score (nSPS) is 12.2. The van der Waals surface area contributed by atoms with Crippen LogP contribution in [0, 0.1) is 0 Å². The first-order chi connectivity index (χ1) is 7.61. The lowest BCUT2D eigenvalue weighted by atomic mass is 10.4. The summed E-state index contributed by atoms with van der Waals surface area (Å²) in [5, 5.41) is 3.10. The van der Waals surface area contributed by atoms with Crippen LogP contribution in [0.1, 0.15) is 6.92 Å². The van der Waals surface area contributed by atoms with Crippen molar-refractivity contribution in [2.24, 2.45) is 5.73 Å². The molecule has 1 aromatic rings. The molecule has 1 aromatic carbocycles. The molecule has 0 spiro atoms. The summed E-state index contributed by atoms with van der Waals surface area (Å²) >= 11 is 5.12. The van der Waals surface area contributed by atoms with Gasteiger partial charge in [-0.25, -0.2) is 0 Å². The Labute approximate surface area is 108 Å². The van der Waals surface area contributed by atoms with Gasteiger partial charge in [0.1, 0.15) is 0 Å². The zero-order chi connectivity index (χ0) is 12.0. The average molecular weight is 303 g/mol. The molecule has 3 nitrogen and oxygen atoms in total. The van der Waals surface area contributed by atoms with Crippen LogP contribution in [0.4, 0.5) is 0 Å². The van der Waals surface area contributed by atoms with Gasteiger partial charge >= 0.3 is 0 Å². The number of rotatable bonds is 5. The highest BCUT2D eigenvalue weighted by Gasteiger charge is 2.05. The largest absolute Gasteiger partial charge is 0.354 e. The molecule has 0 aliphatic heterocycles. The van der Waals surface area contributed by atoms with Gasteiger partial charge in [-0.1, -0.05) is 22.9 Å². The second-order valence-corrected chi connectivity index (χ2v) is 5.82. The van der Waals surface area contributed by atoms with Crippen molar-refractivity contribution in [1.82, 2.24) is 5.32 Å². The Balaban J connectivity index is 2.36. The molecule has 0 radical (unpaired) electrons. The third kappa shape index (κ3) is 5.01. The van der Waals surface area contributed by atoms with E-state index >= 15 is 0 Å². The molecule has 5 heteroatoms. The molecule has 88 valence electrons. The van der Waals surface area contributed by atoms with E-state index in [4.69, 9.17) is 5.73 Å². The van der Waals surface area contributed by atoms with E-state index in [9.17, 15) is 4.79 Å². The highest BCUT2D eigenvalue weighted by Crippen LogP contribution is 2.24. The number of carbonyl (C=O) groups excluding carboxylic acids is 1. The predicted molar refractivity (Wildman–Crippen MR) is 71.5 cm³/mol. The van der Waals surface area contributed by atoms with Crippen LogP contribution in [0.5, 0.6) is 0 Å². The highest BCUT2D eigenvalue weighted by molar-refractivity contribution is 9.10. The molecular weight excluding hydrogens is 288 g/mol. The maximum absolute atomic E-state index is 11.0. The van der Waals surface area contributed by atoms with Gasteiger partial charge in [-0.05, 0) is 24.3 Å². The van der Waals surface area contributed by atoms with Gasteiger partial charge in [-0.2, -0.15) is 0 Å². The number of nitrogens with one attached hydrogen (secondary N) is 1. The fourth-order valence-corrected chi connectivity index (χ4v) is 2.31. The lowest BCUT2D eigenvalue weighted by Gasteiger charge is -2.11. The maximum atomic E-state index is 11.0. The van der Waals surface area contributed by atoms with Gasteiger partial charge in [0, 0.05) is 21.2 Å². The summed E-state index contributed by atoms with van der Waals surface area (Å²) in [5.74, 6) is -0.108. The average Bonchev–Trinajstić information content (AvgIpc) is 2.29. The molecule has 0 fully saturated rings. The molecule has 0 bridgehead atoms. The van der Waals surface area contributed by atoms with E-state index in [1.54, 1.807) is 11.8 Å². The number of nitrogens with two attached hydrogens (primary N) is 1. The molecule has 0 saturated carbocycles. The minimum absolute atomic E-state index is 0.0513. The number of benzene rings is 1. The molecule has 3 N–H and O–H groups in total. The van der Waals surface area contributed by atoms with Gasteiger partial charge in [0.15, 0.2) is 0 Å². The molecule has 1 unspecified atom stereocenters. The summed E-state index contributed by atoms with van der Waals surface area (Å²) in [6.07, 6.45) is 0. The fraction of sp³-hybridized carbons (Fsp3) is 0.364. The first-order valence-corrected chi connectivity index (χ1v) is 6.68. The van der Waals surface area contributed by atoms with Crippen molar-refractivity contribution < 1.29 is 4.79 Å². The van der Waals surface area contributed by atoms with Crippen LogP contribution < -0.4 is 11.1 Å². The number of hydrogen-bond donors (Lipinski definition) is 2. The van der Waals surface area contributed by atoms with Crippen molar-refractivity contribution in [2.45, 2.75) is 17.1 Å². The monoisotopic (exact) mass is 302 g/mol. The molecular formula is C11H15BrN2OS. The molecule has 0 aliphatic rings. The standard InChI is InChI=1S/C11H15BrN2OS/c1-8(7-14-11(15)6-13)16-10-4-2-9(12)3-5-10/h2-5,8H,6-7,13H2,1H3,(H,14,15). The number of amides is 1. The van der Waals surface area contributed by atoms with Crippen molar-refractivity contribution in [3.63, 3.8) is 0 Å². The zero-order valence-electron chi connectivity index (χ0n) is 9.07. The van der Waals surface area contributed by atoms with Gasteiger partial charge in [0.2, 0.25) is 5.91 Å². The molecule has 1 atom stereocenters. The second kappa shape index (κ2) is 6.93. The van der Waals surface area contributed by atoms with E-state index in [1.165, 1.54) is 4.90 Å². The first-order valence-electron chi connectivity index (χ1n) is 5.01. The van der Waals surface area contributed by atoms with Crippen molar-refractivity contribution in [1.29, 1.82) is 0 Å². The second-order valence-electron chi connectivity index (χ2n) is 3.39. The minimum atomic E-state index is -0.108. The van der Waals surface area contributed by atoms with Crippen LogP contribution in [-0.2, 0) is 4.79 Å². The third-order valence-corrected chi connectivity index (χ3v) is 3.57. The highest BCUT2D eigenvalue weighted by atomic mass is 79.9. The summed E-state index contributed by atoms with van der Waals surface area (Å²) in [5.41, 5.74) is 5.20. The number of hydrogen-bond acceptors (Lipinski definition) is 3. The van der Waals surface area contributed by atoms with Gasteiger partial charge in [0.25, 0.3) is 0 Å². The van der Waals surface area contributed by atoms with Crippen LogP contribution in [0.15, 0.2) is 33.6 Å². The minimum Gasteiger partial charge on any atom is -0.354 e. The molecule has 0 heterocycles. The van der Waals surface area contributed by atoms with E-state index in [2.05, 4.69) is 40.3 Å². The van der Waals surface area contributed by atoms with E-state index < -0.39 is 0 Å². The smallest absolute Gasteiger partial charge is 0.233 e. The Morgan fingerprint density at radius 1 is 1.50 bits per heavy atom. The van der Waals surface area contributed by atoms with E-state index in [1.807, 2.05) is 12.1 Å². The van der Waals surface area contributed by atoms with Crippen LogP contribution in [0.2, 0.25) is 0 Å². The maximum Gasteiger partial charge on any atom is 0.233 e. The van der Waals surface area contributed by atoms with Crippen molar-refractivity contribution >= 4 is 33.6 Å². The Morgan fingerprint density at radius 2 is 2.12 bits per heavy atom. The lowest BCUT2D eigenvalue weighted by Crippen LogP contribution is -2.34. The molecule has 1 rings (SSSR count). The predicted octanol–water partition coefficient (Wildman–Crippen LogP) is 2.00. The molecule has 0 aromatic heterocycles. The Bertz CT molecular complexity index is 342. The fourth-order valence-electron chi connectivity index (χ4n) is 1.12. The SMILES string of the molecule is CC(CNC(=O)CN)Sc1ccc(Br)cc1. The van der Waals surface area contributed by atoms with E-state index in [-0.39, 0.29) is 12.5 Å². The van der Waals surface area contributed by atoms with Gasteiger partial charge in [0.05, 0.1) is 6.54 Å². The molecule has 0 aliphatic carbocycles. The zero-order valence-corrected chi connectivity index (χ0v) is 11.5. The number of thioether (sulfide) groups is 1. The van der Waals surface area contributed by atoms with Gasteiger partial charge in [-0.3, -0.25) is 4.79 Å². The van der Waals surface area contributed by atoms with Crippen LogP contribution in [-0.4, -0.2) is 24.2 Å². The van der Waals surface area contributed by atoms with Gasteiger partial charge in [-0.15, -0.1) is 11.8 Å². The third-order valence-electron chi connectivity index (χ3n) is 1.92. The summed E-state index contributed by atoms with van der Waals surface area (Å²) in [4.78, 5) is 12.2. The first kappa shape index (κ1) is 13.5. The quantitative estimate of drug-likeness (QED) is 0.818. The number of halogens is 1. The van der Waals surface area contributed by atoms with Crippen LogP contribution in [0.25, 0.3) is 0 Å². The van der Waals surface area contributed by atoms with Crippen LogP contribution in [0.3, 0.4) is 0 Å². The van der Waals surface area contributed by atoms with Crippen molar-refractivity contribution in [3.8, 4) is 0 Å². The van der Waals surface area contributed by atoms with Crippen LogP contribution >= 0.6 is 27.7 Å². The molecule has 1 amide bonds. The number of carbonyl (C=O) groups is 1. The van der Waals surface area contributed by atoms with E-state index in [0.29, 0.717) is 11.8 Å². The Kier molecular flexibility index (Phi) is 5.87. The Hall–Kier alpha value is -0.520. The van der Waals surface area contributed by atoms with Crippen molar-refractivity contribution in [3.05, 3.63) is 28.7 Å². The lowest BCUT2D eigenvalue weighted by molar-refractivity contribution is -0.119. The summed E-state index contributed by atoms with van der Waals surface area (Å²) in [7, 11) is 0.